The molecule has 0 aliphatic carbocycles. The first kappa shape index (κ1) is 46.3. The molecule has 0 radical (unpaired) electrons. The van der Waals surface area contributed by atoms with E-state index in [9.17, 15) is 22.0 Å². The van der Waals surface area contributed by atoms with Crippen molar-refractivity contribution in [3.63, 3.8) is 0 Å². The number of aromatic nitrogens is 4. The van der Waals surface area contributed by atoms with E-state index in [1.165, 1.54) is 12.1 Å². The van der Waals surface area contributed by atoms with Gasteiger partial charge in [0.25, 0.3) is 0 Å². The Balaban J connectivity index is 1.53. The van der Waals surface area contributed by atoms with Crippen LogP contribution < -0.4 is 0 Å². The second-order valence-electron chi connectivity index (χ2n) is 16.4. The first-order chi connectivity index (χ1) is 32.6. The topological polar surface area (TPSA) is 57.4 Å². The van der Waals surface area contributed by atoms with Crippen LogP contribution in [-0.2, 0) is 0 Å². The smallest absolute Gasteiger partial charge is 0.200 e. The molecule has 0 spiro atoms. The van der Waals surface area contributed by atoms with Crippen molar-refractivity contribution in [2.45, 2.75) is 19.6 Å². The van der Waals surface area contributed by atoms with Crippen LogP contribution in [0, 0.1) is 98.7 Å². The fourth-order valence-corrected chi connectivity index (χ4v) is 8.27. The molecule has 20 heteroatoms. The molecule has 5 heterocycles. The summed E-state index contributed by atoms with van der Waals surface area (Å²) in [5.41, 5.74) is -7.76. The molecule has 348 valence electrons. The zero-order valence-corrected chi connectivity index (χ0v) is 36.0. The third-order valence-electron chi connectivity index (χ3n) is 10.9. The summed E-state index contributed by atoms with van der Waals surface area (Å²) in [5.74, 6) is -33.6. The monoisotopic (exact) mass is 980 g/mol. The second kappa shape index (κ2) is 16.8. The summed E-state index contributed by atoms with van der Waals surface area (Å²) in [7, 11) is -1.88. The first-order valence-corrected chi connectivity index (χ1v) is 23.4. The van der Waals surface area contributed by atoms with Crippen molar-refractivity contribution >= 4 is 54.4 Å². The van der Waals surface area contributed by atoms with Crippen LogP contribution in [0.15, 0.2) is 48.5 Å². The third kappa shape index (κ3) is 7.57. The molecule has 2 aliphatic heterocycles. The molecule has 8 bridgehead atoms. The Labute approximate surface area is 379 Å². The minimum Gasteiger partial charge on any atom is -0.354 e. The van der Waals surface area contributed by atoms with E-state index in [0.29, 0.717) is 5.56 Å². The number of fused-ring (bicyclic) bond motifs is 8. The second-order valence-corrected chi connectivity index (χ2v) is 21.2. The van der Waals surface area contributed by atoms with Gasteiger partial charge in [0.2, 0.25) is 17.5 Å². The highest BCUT2D eigenvalue weighted by atomic mass is 28.3. The Morgan fingerprint density at radius 2 is 0.594 bits per heavy atom. The van der Waals surface area contributed by atoms with Gasteiger partial charge in [-0.1, -0.05) is 37.7 Å². The van der Waals surface area contributed by atoms with E-state index in [2.05, 4.69) is 31.4 Å². The SMILES string of the molecule is C[Si](C)(C)C#Cc1ccc(-c2c3nc(c(-c4c(F)c(F)c(F)c(F)c4F)c4ccc([nH]4)c(-c4c(F)c(F)c(F)c(F)c4F)c4nc(c(-c5c(F)c(F)c(F)c(F)c5F)c5ccc2[nH]5)C=C4)C=C3)cc1. The number of nitrogens with one attached hydrogen (secondary N) is 2. The van der Waals surface area contributed by atoms with Crippen molar-refractivity contribution in [2.24, 2.45) is 0 Å². The maximum absolute atomic E-state index is 15.9. The third-order valence-corrected chi connectivity index (χ3v) is 11.8. The average Bonchev–Trinajstić information content (AvgIpc) is 4.18. The number of aromatic amines is 2. The zero-order chi connectivity index (χ0) is 49.7. The molecule has 4 nitrogen and oxygen atoms in total. The number of rotatable bonds is 4. The van der Waals surface area contributed by atoms with Crippen molar-refractivity contribution in [3.8, 4) is 56.0 Å². The molecule has 3 aromatic heterocycles. The highest BCUT2D eigenvalue weighted by Gasteiger charge is 2.34. The minimum absolute atomic E-state index is 0.0515. The molecule has 0 saturated carbocycles. The lowest BCUT2D eigenvalue weighted by Gasteiger charge is -2.11. The molecule has 2 N–H and O–H groups in total. The lowest BCUT2D eigenvalue weighted by atomic mass is 10.0. The van der Waals surface area contributed by atoms with Crippen LogP contribution in [0.3, 0.4) is 0 Å². The van der Waals surface area contributed by atoms with Gasteiger partial charge >= 0.3 is 0 Å². The molecule has 0 amide bonds. The van der Waals surface area contributed by atoms with E-state index in [-0.39, 0.29) is 22.3 Å². The lowest BCUT2D eigenvalue weighted by Crippen LogP contribution is -2.16. The Morgan fingerprint density at radius 3 is 0.884 bits per heavy atom. The standard InChI is InChI=1S/C49H23F15N4Si/c1-69(2,3)17-16-18-4-6-19(7-5-18)28-20-8-10-22(65-20)29(32-35(50)41(56)47(62)42(57)36(32)51)24-12-14-26(67-24)31(34-39(54)45(60)49(64)46(61)40(34)55)27-15-13-25(68-27)30(23-11-9-21(28)66-23)33-37(52)43(58)48(63)44(59)38(33)53/h4-15,65,68H,1-3H3. The van der Waals surface area contributed by atoms with Crippen molar-refractivity contribution in [1.82, 2.24) is 19.9 Å². The number of hydrogen-bond acceptors (Lipinski definition) is 2. The summed E-state index contributed by atoms with van der Waals surface area (Å²) in [6, 6.07) is 10.4. The fraction of sp³-hybridized carbons (Fsp3) is 0.0612. The van der Waals surface area contributed by atoms with Gasteiger partial charge in [0.05, 0.1) is 39.5 Å². The van der Waals surface area contributed by atoms with Crippen molar-refractivity contribution in [1.29, 1.82) is 0 Å². The van der Waals surface area contributed by atoms with Crippen molar-refractivity contribution < 1.29 is 65.9 Å². The fourth-order valence-electron chi connectivity index (χ4n) is 7.75. The Kier molecular flexibility index (Phi) is 11.3. The molecule has 9 rings (SSSR count). The van der Waals surface area contributed by atoms with Gasteiger partial charge in [-0.3, -0.25) is 0 Å². The molecule has 7 aromatic rings. The van der Waals surface area contributed by atoms with E-state index >= 15 is 43.9 Å². The van der Waals surface area contributed by atoms with Gasteiger partial charge in [-0.2, -0.15) is 0 Å². The Bertz CT molecular complexity index is 3570. The van der Waals surface area contributed by atoms with Gasteiger partial charge in [0.15, 0.2) is 69.8 Å². The zero-order valence-electron chi connectivity index (χ0n) is 35.0. The molecular formula is C49H23F15N4Si. The number of H-pyrrole nitrogens is 2. The molecular weight excluding hydrogens is 958 g/mol. The van der Waals surface area contributed by atoms with Crippen LogP contribution in [0.1, 0.15) is 28.3 Å². The molecule has 4 aromatic carbocycles. The van der Waals surface area contributed by atoms with Crippen molar-refractivity contribution in [2.75, 3.05) is 0 Å². The van der Waals surface area contributed by atoms with Crippen LogP contribution >= 0.6 is 0 Å². The quantitative estimate of drug-likeness (QED) is 0.0607. The van der Waals surface area contributed by atoms with Gasteiger partial charge in [-0.15, -0.1) is 5.54 Å². The molecule has 0 unspecified atom stereocenters. The number of halogens is 15. The summed E-state index contributed by atoms with van der Waals surface area (Å²) >= 11 is 0. The molecule has 0 atom stereocenters. The molecule has 0 saturated heterocycles. The van der Waals surface area contributed by atoms with E-state index in [4.69, 9.17) is 0 Å². The van der Waals surface area contributed by atoms with Crippen LogP contribution in [0.4, 0.5) is 65.9 Å². The van der Waals surface area contributed by atoms with Gasteiger partial charge in [0.1, 0.15) is 8.07 Å². The molecule has 2 aliphatic rings. The number of benzene rings is 4. The van der Waals surface area contributed by atoms with Gasteiger partial charge in [-0.25, -0.2) is 75.8 Å². The normalized spacial score (nSPS) is 12.3. The van der Waals surface area contributed by atoms with Crippen molar-refractivity contribution in [3.05, 3.63) is 164 Å². The minimum atomic E-state index is -2.61. The van der Waals surface area contributed by atoms with E-state index < -0.39 is 162 Å². The van der Waals surface area contributed by atoms with Gasteiger partial charge < -0.3 is 9.97 Å². The van der Waals surface area contributed by atoms with Gasteiger partial charge in [-0.05, 0) is 66.3 Å². The summed E-state index contributed by atoms with van der Waals surface area (Å²) in [5, 5.41) is 0. The van der Waals surface area contributed by atoms with Gasteiger partial charge in [0, 0.05) is 49.9 Å². The number of hydrogen-bond donors (Lipinski definition) is 2. The lowest BCUT2D eigenvalue weighted by molar-refractivity contribution is 0.381. The largest absolute Gasteiger partial charge is 0.354 e. The van der Waals surface area contributed by atoms with E-state index in [1.54, 1.807) is 24.3 Å². The summed E-state index contributed by atoms with van der Waals surface area (Å²) in [4.78, 5) is 14.0. The van der Waals surface area contributed by atoms with E-state index in [1.807, 2.05) is 19.6 Å². The number of nitrogens with zero attached hydrogens (tertiary/aromatic N) is 2. The highest BCUT2D eigenvalue weighted by Crippen LogP contribution is 2.43. The van der Waals surface area contributed by atoms with Crippen LogP contribution in [0.5, 0.6) is 0 Å². The van der Waals surface area contributed by atoms with Crippen LogP contribution in [0.2, 0.25) is 19.6 Å². The maximum Gasteiger partial charge on any atom is 0.200 e. The Morgan fingerprint density at radius 1 is 0.333 bits per heavy atom. The first-order valence-electron chi connectivity index (χ1n) is 19.9. The van der Waals surface area contributed by atoms with E-state index in [0.717, 1.165) is 36.4 Å². The van der Waals surface area contributed by atoms with Crippen LogP contribution in [-0.4, -0.2) is 28.0 Å². The summed E-state index contributed by atoms with van der Waals surface area (Å²) < 4.78 is 229. The predicted molar refractivity (Wildman–Crippen MR) is 230 cm³/mol. The summed E-state index contributed by atoms with van der Waals surface area (Å²) in [6.45, 7) is 6.01. The average molecular weight is 981 g/mol. The maximum atomic E-state index is 15.9. The summed E-state index contributed by atoms with van der Waals surface area (Å²) in [6.07, 6.45) is 3.95. The molecule has 69 heavy (non-hydrogen) atoms. The molecule has 0 fully saturated rings. The Hall–Kier alpha value is -7.79. The predicted octanol–water partition coefficient (Wildman–Crippen LogP) is 14.6. The van der Waals surface area contributed by atoms with Crippen LogP contribution in [0.25, 0.3) is 90.9 Å². The highest BCUT2D eigenvalue weighted by molar-refractivity contribution is 6.83.